The van der Waals surface area contributed by atoms with Gasteiger partial charge in [-0.3, -0.25) is 14.5 Å². The van der Waals surface area contributed by atoms with Crippen molar-refractivity contribution in [3.63, 3.8) is 0 Å². The Morgan fingerprint density at radius 3 is 2.56 bits per heavy atom. The lowest BCUT2D eigenvalue weighted by Gasteiger charge is -2.37. The molecule has 3 heterocycles. The van der Waals surface area contributed by atoms with Crippen LogP contribution in [0.15, 0.2) is 23.6 Å². The molecule has 0 atom stereocenters. The van der Waals surface area contributed by atoms with Gasteiger partial charge >= 0.3 is 0 Å². The molecule has 1 saturated heterocycles. The van der Waals surface area contributed by atoms with E-state index in [2.05, 4.69) is 33.5 Å². The lowest BCUT2D eigenvalue weighted by atomic mass is 9.88. The summed E-state index contributed by atoms with van der Waals surface area (Å²) >= 11 is 1.66. The third kappa shape index (κ3) is 4.46. The van der Waals surface area contributed by atoms with Crippen molar-refractivity contribution in [1.29, 1.82) is 0 Å². The predicted octanol–water partition coefficient (Wildman–Crippen LogP) is 3.73. The lowest BCUT2D eigenvalue weighted by molar-refractivity contribution is -0.138. The first-order valence-corrected chi connectivity index (χ1v) is 12.8. The van der Waals surface area contributed by atoms with E-state index in [0.717, 1.165) is 73.9 Å². The number of hydrogen-bond donors (Lipinski definition) is 0. The summed E-state index contributed by atoms with van der Waals surface area (Å²) in [5.41, 5.74) is 4.41. The molecule has 6 nitrogen and oxygen atoms in total. The third-order valence-corrected chi connectivity index (χ3v) is 7.96. The fraction of sp³-hybridized carbons (Fsp3) is 0.560. The van der Waals surface area contributed by atoms with Gasteiger partial charge in [0.05, 0.1) is 17.2 Å². The first kappa shape index (κ1) is 21.6. The highest BCUT2D eigenvalue weighted by Gasteiger charge is 2.31. The Labute approximate surface area is 194 Å². The highest BCUT2D eigenvalue weighted by molar-refractivity contribution is 7.09. The van der Waals surface area contributed by atoms with Crippen molar-refractivity contribution >= 4 is 28.8 Å². The van der Waals surface area contributed by atoms with Crippen LogP contribution in [0.4, 0.5) is 5.69 Å². The second-order valence-corrected chi connectivity index (χ2v) is 10.4. The van der Waals surface area contributed by atoms with Crippen LogP contribution in [0.1, 0.15) is 42.7 Å². The Morgan fingerprint density at radius 1 is 1.06 bits per heavy atom. The van der Waals surface area contributed by atoms with Gasteiger partial charge in [-0.1, -0.05) is 25.3 Å². The van der Waals surface area contributed by atoms with Gasteiger partial charge in [0.2, 0.25) is 11.8 Å². The maximum atomic E-state index is 13.1. The summed E-state index contributed by atoms with van der Waals surface area (Å²) in [6.07, 6.45) is 6.64. The first-order chi connectivity index (χ1) is 15.6. The summed E-state index contributed by atoms with van der Waals surface area (Å²) in [7, 11) is 0. The monoisotopic (exact) mass is 452 g/mol. The maximum Gasteiger partial charge on any atom is 0.241 e. The zero-order chi connectivity index (χ0) is 22.1. The van der Waals surface area contributed by atoms with Gasteiger partial charge in [0, 0.05) is 55.3 Å². The Kier molecular flexibility index (Phi) is 6.28. The molecule has 2 aromatic rings. The van der Waals surface area contributed by atoms with Crippen molar-refractivity contribution in [2.45, 2.75) is 45.4 Å². The summed E-state index contributed by atoms with van der Waals surface area (Å²) in [5, 5.41) is 3.16. The molecule has 5 rings (SSSR count). The highest BCUT2D eigenvalue weighted by atomic mass is 32.1. The Balaban J connectivity index is 1.16. The van der Waals surface area contributed by atoms with Gasteiger partial charge < -0.3 is 9.80 Å². The molecule has 0 spiro atoms. The Morgan fingerprint density at radius 2 is 1.84 bits per heavy atom. The largest absolute Gasteiger partial charge is 0.340 e. The molecular formula is C25H32N4O2S. The van der Waals surface area contributed by atoms with Crippen LogP contribution in [0.25, 0.3) is 11.3 Å². The number of aromatic nitrogens is 1. The van der Waals surface area contributed by atoms with Crippen molar-refractivity contribution in [3.05, 3.63) is 34.2 Å². The van der Waals surface area contributed by atoms with E-state index in [1.165, 1.54) is 24.8 Å². The van der Waals surface area contributed by atoms with E-state index >= 15 is 0 Å². The number of thiazole rings is 1. The highest BCUT2D eigenvalue weighted by Crippen LogP contribution is 2.33. The number of anilines is 1. The number of carbonyl (C=O) groups is 2. The lowest BCUT2D eigenvalue weighted by Crippen LogP contribution is -2.52. The normalized spacial score (nSPS) is 19.9. The standard InChI is InChI=1S/C25H32N4O2S/c1-18-26-22(17-32-18)20-7-8-23-21(15-20)9-10-29(23)24(30)16-27-11-13-28(14-12-27)25(31)19-5-3-2-4-6-19/h7-8,15,17,19H,2-6,9-14,16H2,1H3. The molecule has 1 saturated carbocycles. The number of benzene rings is 1. The zero-order valence-electron chi connectivity index (χ0n) is 18.9. The number of fused-ring (bicyclic) bond motifs is 1. The molecule has 1 aromatic heterocycles. The van der Waals surface area contributed by atoms with Gasteiger partial charge in [-0.25, -0.2) is 4.98 Å². The van der Waals surface area contributed by atoms with Gasteiger partial charge in [0.1, 0.15) is 0 Å². The molecule has 0 unspecified atom stereocenters. The van der Waals surface area contributed by atoms with Gasteiger partial charge in [-0.15, -0.1) is 11.3 Å². The zero-order valence-corrected chi connectivity index (χ0v) is 19.7. The van der Waals surface area contributed by atoms with Gasteiger partial charge in [0.15, 0.2) is 0 Å². The van der Waals surface area contributed by atoms with Gasteiger partial charge in [-0.05, 0) is 43.9 Å². The van der Waals surface area contributed by atoms with Crippen molar-refractivity contribution < 1.29 is 9.59 Å². The molecule has 2 amide bonds. The summed E-state index contributed by atoms with van der Waals surface area (Å²) in [5.74, 6) is 0.736. The van der Waals surface area contributed by atoms with Crippen LogP contribution in [0.2, 0.25) is 0 Å². The minimum atomic E-state index is 0.160. The molecule has 7 heteroatoms. The second-order valence-electron chi connectivity index (χ2n) is 9.33. The van der Waals surface area contributed by atoms with E-state index in [4.69, 9.17) is 0 Å². The Bertz CT molecular complexity index is 990. The fourth-order valence-corrected chi connectivity index (χ4v) is 5.95. The second kappa shape index (κ2) is 9.32. The van der Waals surface area contributed by atoms with Gasteiger partial charge in [0.25, 0.3) is 0 Å². The molecule has 1 aromatic carbocycles. The van der Waals surface area contributed by atoms with Crippen LogP contribution in [-0.4, -0.2) is 65.9 Å². The molecule has 3 aliphatic rings. The topological polar surface area (TPSA) is 56.8 Å². The van der Waals surface area contributed by atoms with E-state index in [0.29, 0.717) is 12.5 Å². The molecule has 1 aliphatic carbocycles. The van der Waals surface area contributed by atoms with E-state index in [-0.39, 0.29) is 11.8 Å². The van der Waals surface area contributed by atoms with Crippen LogP contribution in [0.5, 0.6) is 0 Å². The number of rotatable bonds is 4. The fourth-order valence-electron chi connectivity index (χ4n) is 5.33. The summed E-state index contributed by atoms with van der Waals surface area (Å²) < 4.78 is 0. The SMILES string of the molecule is Cc1nc(-c2ccc3c(c2)CCN3C(=O)CN2CCN(C(=O)C3CCCCC3)CC2)cs1. The van der Waals surface area contributed by atoms with Gasteiger partial charge in [-0.2, -0.15) is 0 Å². The Hall–Kier alpha value is -2.25. The molecule has 0 bridgehead atoms. The van der Waals surface area contributed by atoms with E-state index in [1.807, 2.05) is 16.7 Å². The summed E-state index contributed by atoms with van der Waals surface area (Å²) in [4.78, 5) is 36.6. The minimum absolute atomic E-state index is 0.160. The number of piperazine rings is 1. The van der Waals surface area contributed by atoms with Crippen LogP contribution in [0.3, 0.4) is 0 Å². The smallest absolute Gasteiger partial charge is 0.241 e. The summed E-state index contributed by atoms with van der Waals surface area (Å²) in [6, 6.07) is 6.34. The van der Waals surface area contributed by atoms with Crippen molar-refractivity contribution in [2.75, 3.05) is 44.2 Å². The average molecular weight is 453 g/mol. The molecule has 32 heavy (non-hydrogen) atoms. The van der Waals surface area contributed by atoms with Crippen molar-refractivity contribution in [1.82, 2.24) is 14.8 Å². The van der Waals surface area contributed by atoms with Crippen LogP contribution >= 0.6 is 11.3 Å². The molecule has 0 N–H and O–H groups in total. The molecule has 170 valence electrons. The average Bonchev–Trinajstić information content (AvgIpc) is 3.45. The van der Waals surface area contributed by atoms with Crippen LogP contribution < -0.4 is 4.90 Å². The quantitative estimate of drug-likeness (QED) is 0.709. The molecule has 2 fully saturated rings. The van der Waals surface area contributed by atoms with Crippen LogP contribution in [-0.2, 0) is 16.0 Å². The third-order valence-electron chi connectivity index (χ3n) is 7.19. The minimum Gasteiger partial charge on any atom is -0.340 e. The number of hydrogen-bond acceptors (Lipinski definition) is 5. The predicted molar refractivity (Wildman–Crippen MR) is 128 cm³/mol. The van der Waals surface area contributed by atoms with E-state index in [9.17, 15) is 9.59 Å². The molecular weight excluding hydrogens is 420 g/mol. The van der Waals surface area contributed by atoms with E-state index < -0.39 is 0 Å². The van der Waals surface area contributed by atoms with Crippen molar-refractivity contribution in [3.8, 4) is 11.3 Å². The number of nitrogens with zero attached hydrogens (tertiary/aromatic N) is 4. The molecule has 2 aliphatic heterocycles. The number of carbonyl (C=O) groups excluding carboxylic acids is 2. The number of aryl methyl sites for hydroxylation is 1. The van der Waals surface area contributed by atoms with Crippen LogP contribution in [0, 0.1) is 12.8 Å². The summed E-state index contributed by atoms with van der Waals surface area (Å²) in [6.45, 7) is 6.25. The van der Waals surface area contributed by atoms with E-state index in [1.54, 1.807) is 11.3 Å². The maximum absolute atomic E-state index is 13.1. The van der Waals surface area contributed by atoms with Crippen molar-refractivity contribution in [2.24, 2.45) is 5.92 Å². The first-order valence-electron chi connectivity index (χ1n) is 12.0. The number of amides is 2. The molecule has 0 radical (unpaired) electrons.